The SMILES string of the molecule is CNc1cccc(C#C/C=C2\CCN(C(=O)O)C2(C)C)n1. The average molecular weight is 285 g/mol. The molecule has 0 unspecified atom stereocenters. The number of carbonyl (C=O) groups is 1. The number of likely N-dealkylation sites (tertiary alicyclic amines) is 1. The van der Waals surface area contributed by atoms with Gasteiger partial charge in [-0.3, -0.25) is 4.90 Å². The zero-order valence-corrected chi connectivity index (χ0v) is 12.5. The first-order valence-electron chi connectivity index (χ1n) is 6.81. The first-order valence-corrected chi connectivity index (χ1v) is 6.81. The topological polar surface area (TPSA) is 65.5 Å². The third-order valence-electron chi connectivity index (χ3n) is 3.75. The zero-order valence-electron chi connectivity index (χ0n) is 12.5. The van der Waals surface area contributed by atoms with Gasteiger partial charge in [0.15, 0.2) is 0 Å². The number of hydrogen-bond acceptors (Lipinski definition) is 3. The Hall–Kier alpha value is -2.48. The van der Waals surface area contributed by atoms with Crippen LogP contribution in [0.4, 0.5) is 10.6 Å². The molecule has 1 aromatic heterocycles. The normalized spacial score (nSPS) is 18.2. The summed E-state index contributed by atoms with van der Waals surface area (Å²) in [6.07, 6.45) is 1.65. The molecule has 1 amide bonds. The van der Waals surface area contributed by atoms with Crippen LogP contribution in [0.25, 0.3) is 0 Å². The molecule has 0 spiro atoms. The number of allylic oxidation sites excluding steroid dienone is 1. The first-order chi connectivity index (χ1) is 9.95. The Morgan fingerprint density at radius 1 is 1.52 bits per heavy atom. The number of aromatic nitrogens is 1. The summed E-state index contributed by atoms with van der Waals surface area (Å²) in [4.78, 5) is 16.9. The second-order valence-electron chi connectivity index (χ2n) is 5.34. The van der Waals surface area contributed by atoms with E-state index < -0.39 is 11.6 Å². The predicted molar refractivity (Wildman–Crippen MR) is 82.2 cm³/mol. The Labute approximate surface area is 124 Å². The van der Waals surface area contributed by atoms with Crippen molar-refractivity contribution in [1.29, 1.82) is 0 Å². The van der Waals surface area contributed by atoms with Crippen molar-refractivity contribution in [1.82, 2.24) is 9.88 Å². The van der Waals surface area contributed by atoms with E-state index in [1.165, 1.54) is 4.90 Å². The number of nitrogens with zero attached hydrogens (tertiary/aromatic N) is 2. The highest BCUT2D eigenvalue weighted by Crippen LogP contribution is 2.33. The van der Waals surface area contributed by atoms with Crippen LogP contribution in [0.3, 0.4) is 0 Å². The quantitative estimate of drug-likeness (QED) is 0.778. The van der Waals surface area contributed by atoms with Gasteiger partial charge in [-0.25, -0.2) is 9.78 Å². The average Bonchev–Trinajstić information content (AvgIpc) is 2.74. The van der Waals surface area contributed by atoms with Crippen molar-refractivity contribution in [2.24, 2.45) is 0 Å². The maximum Gasteiger partial charge on any atom is 0.408 e. The van der Waals surface area contributed by atoms with Crippen molar-refractivity contribution < 1.29 is 9.90 Å². The molecule has 2 N–H and O–H groups in total. The fraction of sp³-hybridized carbons (Fsp3) is 0.375. The molecule has 0 aromatic carbocycles. The molecule has 1 aliphatic heterocycles. The largest absolute Gasteiger partial charge is 0.465 e. The molecule has 1 saturated heterocycles. The summed E-state index contributed by atoms with van der Waals surface area (Å²) in [6.45, 7) is 4.33. The van der Waals surface area contributed by atoms with Crippen molar-refractivity contribution in [2.45, 2.75) is 25.8 Å². The molecule has 0 aliphatic carbocycles. The molecule has 0 bridgehead atoms. The summed E-state index contributed by atoms with van der Waals surface area (Å²) in [7, 11) is 1.81. The van der Waals surface area contributed by atoms with Gasteiger partial charge >= 0.3 is 6.09 Å². The van der Waals surface area contributed by atoms with Crippen LogP contribution in [-0.2, 0) is 0 Å². The van der Waals surface area contributed by atoms with Crippen molar-refractivity contribution in [3.05, 3.63) is 35.5 Å². The molecular weight excluding hydrogens is 266 g/mol. The third kappa shape index (κ3) is 3.16. The number of anilines is 1. The van der Waals surface area contributed by atoms with Crippen molar-refractivity contribution in [3.63, 3.8) is 0 Å². The van der Waals surface area contributed by atoms with Gasteiger partial charge in [0.05, 0.1) is 5.54 Å². The smallest absolute Gasteiger partial charge is 0.408 e. The summed E-state index contributed by atoms with van der Waals surface area (Å²) in [5, 5.41) is 12.1. The van der Waals surface area contributed by atoms with Crippen molar-refractivity contribution in [3.8, 4) is 11.8 Å². The Balaban J connectivity index is 2.19. The van der Waals surface area contributed by atoms with Crippen LogP contribution in [-0.4, -0.2) is 40.2 Å². The lowest BCUT2D eigenvalue weighted by molar-refractivity contribution is 0.124. The second-order valence-corrected chi connectivity index (χ2v) is 5.34. The number of nitrogens with one attached hydrogen (secondary N) is 1. The van der Waals surface area contributed by atoms with E-state index in [1.54, 1.807) is 0 Å². The minimum absolute atomic E-state index is 0.499. The van der Waals surface area contributed by atoms with E-state index >= 15 is 0 Å². The molecule has 2 rings (SSSR count). The molecule has 1 aliphatic rings. The minimum atomic E-state index is -0.889. The van der Waals surface area contributed by atoms with Gasteiger partial charge in [-0.2, -0.15) is 0 Å². The lowest BCUT2D eigenvalue weighted by Crippen LogP contribution is -2.42. The van der Waals surface area contributed by atoms with Crippen molar-refractivity contribution in [2.75, 3.05) is 18.9 Å². The van der Waals surface area contributed by atoms with Gasteiger partial charge in [-0.1, -0.05) is 12.0 Å². The fourth-order valence-corrected chi connectivity index (χ4v) is 2.42. The standard InChI is InChI=1S/C16H19N3O2/c1-16(2)12(10-11-19(16)15(20)21)6-4-7-13-8-5-9-14(17-3)18-13/h5-6,8-9H,10-11H2,1-3H3,(H,17,18)(H,20,21)/b12-6+. The molecule has 1 aromatic rings. The highest BCUT2D eigenvalue weighted by Gasteiger charge is 2.39. The summed E-state index contributed by atoms with van der Waals surface area (Å²) in [6, 6.07) is 5.60. The molecule has 5 heteroatoms. The Kier molecular flexibility index (Phi) is 4.18. The van der Waals surface area contributed by atoms with Gasteiger partial charge in [-0.15, -0.1) is 0 Å². The van der Waals surface area contributed by atoms with E-state index in [4.69, 9.17) is 0 Å². The van der Waals surface area contributed by atoms with E-state index in [-0.39, 0.29) is 0 Å². The number of rotatable bonds is 1. The summed E-state index contributed by atoms with van der Waals surface area (Å²) < 4.78 is 0. The van der Waals surface area contributed by atoms with E-state index in [1.807, 2.05) is 45.2 Å². The van der Waals surface area contributed by atoms with E-state index in [0.717, 1.165) is 17.8 Å². The molecule has 110 valence electrons. The summed E-state index contributed by atoms with van der Waals surface area (Å²) >= 11 is 0. The van der Waals surface area contributed by atoms with Crippen LogP contribution >= 0.6 is 0 Å². The molecule has 5 nitrogen and oxygen atoms in total. The van der Waals surface area contributed by atoms with Crippen LogP contribution in [0.2, 0.25) is 0 Å². The lowest BCUT2D eigenvalue weighted by Gasteiger charge is -2.29. The number of carboxylic acid groups (broad SMARTS) is 1. The highest BCUT2D eigenvalue weighted by molar-refractivity contribution is 5.68. The number of hydrogen-bond donors (Lipinski definition) is 2. The molecule has 2 heterocycles. The third-order valence-corrected chi connectivity index (χ3v) is 3.75. The molecule has 0 atom stereocenters. The van der Waals surface area contributed by atoms with E-state index in [0.29, 0.717) is 12.2 Å². The van der Waals surface area contributed by atoms with Crippen LogP contribution in [0.1, 0.15) is 26.0 Å². The monoisotopic (exact) mass is 285 g/mol. The van der Waals surface area contributed by atoms with Gasteiger partial charge in [0.25, 0.3) is 0 Å². The number of pyridine rings is 1. The Morgan fingerprint density at radius 2 is 2.29 bits per heavy atom. The van der Waals surface area contributed by atoms with Gasteiger partial charge < -0.3 is 10.4 Å². The van der Waals surface area contributed by atoms with Crippen LogP contribution in [0.15, 0.2) is 29.8 Å². The van der Waals surface area contributed by atoms with Crippen molar-refractivity contribution >= 4 is 11.9 Å². The molecule has 0 radical (unpaired) electrons. The van der Waals surface area contributed by atoms with E-state index in [2.05, 4.69) is 22.1 Å². The molecule has 1 fully saturated rings. The van der Waals surface area contributed by atoms with E-state index in [9.17, 15) is 9.90 Å². The minimum Gasteiger partial charge on any atom is -0.465 e. The maximum absolute atomic E-state index is 11.2. The van der Waals surface area contributed by atoms with Gasteiger partial charge in [0.2, 0.25) is 0 Å². The molecule has 0 saturated carbocycles. The van der Waals surface area contributed by atoms with Gasteiger partial charge in [0, 0.05) is 13.6 Å². The maximum atomic E-state index is 11.2. The predicted octanol–water partition coefficient (Wildman–Crippen LogP) is 2.56. The van der Waals surface area contributed by atoms with Crippen LogP contribution < -0.4 is 5.32 Å². The molecular formula is C16H19N3O2. The number of amides is 1. The Morgan fingerprint density at radius 3 is 2.90 bits per heavy atom. The van der Waals surface area contributed by atoms with Crippen LogP contribution in [0.5, 0.6) is 0 Å². The second kappa shape index (κ2) is 5.88. The van der Waals surface area contributed by atoms with Gasteiger partial charge in [0.1, 0.15) is 11.5 Å². The lowest BCUT2D eigenvalue weighted by atomic mass is 9.95. The highest BCUT2D eigenvalue weighted by atomic mass is 16.4. The molecule has 21 heavy (non-hydrogen) atoms. The van der Waals surface area contributed by atoms with Gasteiger partial charge in [-0.05, 0) is 50.0 Å². The fourth-order valence-electron chi connectivity index (χ4n) is 2.42. The summed E-state index contributed by atoms with van der Waals surface area (Å²) in [5.41, 5.74) is 1.22. The van der Waals surface area contributed by atoms with Crippen LogP contribution in [0, 0.1) is 11.8 Å². The first kappa shape index (κ1) is 14.9. The zero-order chi connectivity index (χ0) is 15.5. The summed E-state index contributed by atoms with van der Waals surface area (Å²) in [5.74, 6) is 6.74. The Bertz CT molecular complexity index is 638.